The van der Waals surface area contributed by atoms with Crippen molar-refractivity contribution in [1.29, 1.82) is 0 Å². The summed E-state index contributed by atoms with van der Waals surface area (Å²) >= 11 is 0. The van der Waals surface area contributed by atoms with Crippen LogP contribution in [0.25, 0.3) is 11.3 Å². The molecule has 0 saturated carbocycles. The zero-order valence-corrected chi connectivity index (χ0v) is 13.5. The Hall–Kier alpha value is -3.15. The Morgan fingerprint density at radius 3 is 2.64 bits per heavy atom. The number of aromatic nitrogens is 2. The van der Waals surface area contributed by atoms with Crippen molar-refractivity contribution in [3.8, 4) is 17.0 Å². The number of nitrogens with zero attached hydrogens (tertiary/aromatic N) is 2. The predicted octanol–water partition coefficient (Wildman–Crippen LogP) is 3.49. The maximum Gasteiger partial charge on any atom is 0.273 e. The van der Waals surface area contributed by atoms with Crippen molar-refractivity contribution >= 4 is 5.91 Å². The average molecular weight is 337 g/mol. The van der Waals surface area contributed by atoms with Gasteiger partial charge in [0.2, 0.25) is 0 Å². The molecule has 0 radical (unpaired) electrons. The molecule has 0 bridgehead atoms. The fourth-order valence-corrected chi connectivity index (χ4v) is 3.42. The molecule has 1 aliphatic heterocycles. The van der Waals surface area contributed by atoms with Crippen molar-refractivity contribution in [2.45, 2.75) is 13.0 Å². The lowest BCUT2D eigenvalue weighted by atomic mass is 9.95. The van der Waals surface area contributed by atoms with Gasteiger partial charge in [-0.3, -0.25) is 9.89 Å². The lowest BCUT2D eigenvalue weighted by Gasteiger charge is -2.25. The predicted molar refractivity (Wildman–Crippen MR) is 90.6 cm³/mol. The van der Waals surface area contributed by atoms with E-state index in [4.69, 9.17) is 0 Å². The number of halogens is 1. The van der Waals surface area contributed by atoms with Crippen LogP contribution < -0.4 is 0 Å². The third-order valence-electron chi connectivity index (χ3n) is 4.56. The number of hydrogen-bond donors (Lipinski definition) is 2. The number of phenols is 1. The van der Waals surface area contributed by atoms with Gasteiger partial charge in [-0.2, -0.15) is 5.10 Å². The molecular formula is C19H16FN3O2. The van der Waals surface area contributed by atoms with Crippen LogP contribution in [0, 0.1) is 5.82 Å². The van der Waals surface area contributed by atoms with E-state index in [2.05, 4.69) is 10.2 Å². The smallest absolute Gasteiger partial charge is 0.273 e. The van der Waals surface area contributed by atoms with Gasteiger partial charge < -0.3 is 10.0 Å². The SMILES string of the molecule is CCN1C(=O)c2[nH]nc(-c3ccccc3O)c2C1c1ccccc1F. The van der Waals surface area contributed by atoms with Gasteiger partial charge in [0.1, 0.15) is 23.0 Å². The number of aromatic hydroxyl groups is 1. The summed E-state index contributed by atoms with van der Waals surface area (Å²) in [5.74, 6) is -0.539. The first-order valence-electron chi connectivity index (χ1n) is 8.05. The lowest BCUT2D eigenvalue weighted by molar-refractivity contribution is 0.0752. The van der Waals surface area contributed by atoms with Crippen LogP contribution in [0.1, 0.15) is 34.6 Å². The van der Waals surface area contributed by atoms with Crippen LogP contribution in [-0.2, 0) is 0 Å². The Morgan fingerprint density at radius 2 is 1.92 bits per heavy atom. The van der Waals surface area contributed by atoms with Crippen LogP contribution in [-0.4, -0.2) is 32.7 Å². The monoisotopic (exact) mass is 337 g/mol. The Morgan fingerprint density at radius 1 is 1.20 bits per heavy atom. The molecule has 1 unspecified atom stereocenters. The van der Waals surface area contributed by atoms with E-state index in [-0.39, 0.29) is 17.5 Å². The van der Waals surface area contributed by atoms with Crippen LogP contribution >= 0.6 is 0 Å². The number of rotatable bonds is 3. The largest absolute Gasteiger partial charge is 0.507 e. The van der Waals surface area contributed by atoms with Gasteiger partial charge in [0, 0.05) is 23.2 Å². The van der Waals surface area contributed by atoms with Crippen molar-refractivity contribution < 1.29 is 14.3 Å². The molecule has 0 aliphatic carbocycles. The first-order valence-corrected chi connectivity index (χ1v) is 8.05. The highest BCUT2D eigenvalue weighted by molar-refractivity contribution is 6.00. The summed E-state index contributed by atoms with van der Waals surface area (Å²) in [5.41, 5.74) is 2.32. The second kappa shape index (κ2) is 5.73. The molecule has 1 aromatic heterocycles. The molecule has 2 aromatic carbocycles. The van der Waals surface area contributed by atoms with Crippen LogP contribution in [0.4, 0.5) is 4.39 Å². The molecule has 126 valence electrons. The maximum atomic E-state index is 14.5. The molecule has 0 fully saturated rings. The van der Waals surface area contributed by atoms with Crippen molar-refractivity contribution in [3.63, 3.8) is 0 Å². The molecule has 4 rings (SSSR count). The Labute approximate surface area is 143 Å². The molecule has 25 heavy (non-hydrogen) atoms. The maximum absolute atomic E-state index is 14.5. The van der Waals surface area contributed by atoms with E-state index in [1.807, 2.05) is 6.92 Å². The molecule has 2 heterocycles. The van der Waals surface area contributed by atoms with Gasteiger partial charge in [0.15, 0.2) is 0 Å². The number of carbonyl (C=O) groups excluding carboxylic acids is 1. The van der Waals surface area contributed by atoms with Gasteiger partial charge in [-0.05, 0) is 25.1 Å². The van der Waals surface area contributed by atoms with Gasteiger partial charge in [-0.1, -0.05) is 30.3 Å². The number of hydrogen-bond acceptors (Lipinski definition) is 3. The zero-order valence-electron chi connectivity index (χ0n) is 13.5. The summed E-state index contributed by atoms with van der Waals surface area (Å²) < 4.78 is 14.5. The van der Waals surface area contributed by atoms with Crippen molar-refractivity contribution in [2.75, 3.05) is 6.54 Å². The normalized spacial score (nSPS) is 16.3. The average Bonchev–Trinajstić information content (AvgIpc) is 3.15. The highest BCUT2D eigenvalue weighted by Gasteiger charge is 2.42. The van der Waals surface area contributed by atoms with E-state index in [1.54, 1.807) is 47.4 Å². The second-order valence-corrected chi connectivity index (χ2v) is 5.89. The minimum atomic E-state index is -0.581. The number of H-pyrrole nitrogens is 1. The van der Waals surface area contributed by atoms with E-state index in [1.165, 1.54) is 6.07 Å². The lowest BCUT2D eigenvalue weighted by Crippen LogP contribution is -2.29. The second-order valence-electron chi connectivity index (χ2n) is 5.89. The molecule has 0 spiro atoms. The molecule has 2 N–H and O–H groups in total. The van der Waals surface area contributed by atoms with Crippen LogP contribution in [0.5, 0.6) is 5.75 Å². The first-order chi connectivity index (χ1) is 12.1. The number of nitrogens with one attached hydrogen (secondary N) is 1. The van der Waals surface area contributed by atoms with Crippen molar-refractivity contribution in [1.82, 2.24) is 15.1 Å². The number of amides is 1. The molecule has 0 saturated heterocycles. The van der Waals surface area contributed by atoms with E-state index in [0.717, 1.165) is 0 Å². The summed E-state index contributed by atoms with van der Waals surface area (Å²) in [6.07, 6.45) is 0. The zero-order chi connectivity index (χ0) is 17.6. The standard InChI is InChI=1S/C19H16FN3O2/c1-2-23-18(11-7-3-5-9-13(11)20)15-16(21-22-17(15)19(23)25)12-8-4-6-10-14(12)24/h3-10,18,24H,2H2,1H3,(H,21,22). The molecule has 3 aromatic rings. The number of fused-ring (bicyclic) bond motifs is 1. The summed E-state index contributed by atoms with van der Waals surface area (Å²) in [7, 11) is 0. The van der Waals surface area contributed by atoms with E-state index < -0.39 is 6.04 Å². The van der Waals surface area contributed by atoms with Gasteiger partial charge in [0.25, 0.3) is 5.91 Å². The molecule has 1 atom stereocenters. The Bertz CT molecular complexity index is 967. The Balaban J connectivity index is 1.97. The number of phenolic OH excluding ortho intramolecular Hbond substituents is 1. The molecule has 5 nitrogen and oxygen atoms in total. The molecular weight excluding hydrogens is 321 g/mol. The van der Waals surface area contributed by atoms with Crippen LogP contribution in [0.15, 0.2) is 48.5 Å². The van der Waals surface area contributed by atoms with E-state index in [9.17, 15) is 14.3 Å². The summed E-state index contributed by atoms with van der Waals surface area (Å²) in [5, 5.41) is 17.2. The van der Waals surface area contributed by atoms with E-state index in [0.29, 0.717) is 34.6 Å². The summed E-state index contributed by atoms with van der Waals surface area (Å²) in [6.45, 7) is 2.28. The molecule has 1 amide bonds. The third kappa shape index (κ3) is 2.21. The van der Waals surface area contributed by atoms with Crippen molar-refractivity contribution in [2.24, 2.45) is 0 Å². The minimum Gasteiger partial charge on any atom is -0.507 e. The highest BCUT2D eigenvalue weighted by Crippen LogP contribution is 2.44. The number of carbonyl (C=O) groups is 1. The number of aromatic amines is 1. The molecule has 1 aliphatic rings. The summed E-state index contributed by atoms with van der Waals surface area (Å²) in [6, 6.07) is 12.6. The highest BCUT2D eigenvalue weighted by atomic mass is 19.1. The summed E-state index contributed by atoms with van der Waals surface area (Å²) in [4.78, 5) is 14.3. The van der Waals surface area contributed by atoms with Gasteiger partial charge in [-0.15, -0.1) is 0 Å². The minimum absolute atomic E-state index is 0.0616. The van der Waals surface area contributed by atoms with Gasteiger partial charge in [-0.25, -0.2) is 4.39 Å². The quantitative estimate of drug-likeness (QED) is 0.769. The van der Waals surface area contributed by atoms with Crippen molar-refractivity contribution in [3.05, 3.63) is 71.2 Å². The van der Waals surface area contributed by atoms with Crippen LogP contribution in [0.2, 0.25) is 0 Å². The fraction of sp³-hybridized carbons (Fsp3) is 0.158. The van der Waals surface area contributed by atoms with Gasteiger partial charge in [0.05, 0.1) is 6.04 Å². The number of para-hydroxylation sites is 1. The number of benzene rings is 2. The fourth-order valence-electron chi connectivity index (χ4n) is 3.42. The van der Waals surface area contributed by atoms with Gasteiger partial charge >= 0.3 is 0 Å². The first kappa shape index (κ1) is 15.4. The Kier molecular flexibility index (Phi) is 3.53. The molecule has 6 heteroatoms. The van der Waals surface area contributed by atoms with E-state index >= 15 is 0 Å². The van der Waals surface area contributed by atoms with Crippen LogP contribution in [0.3, 0.4) is 0 Å². The third-order valence-corrected chi connectivity index (χ3v) is 4.56. The topological polar surface area (TPSA) is 69.2 Å².